The number of H-pyrrole nitrogens is 1. The molecule has 3 rings (SSSR count). The van der Waals surface area contributed by atoms with Crippen LogP contribution >= 0.6 is 0 Å². The van der Waals surface area contributed by atoms with E-state index in [9.17, 15) is 4.79 Å². The van der Waals surface area contributed by atoms with Crippen LogP contribution in [-0.4, -0.2) is 10.9 Å². The largest absolute Gasteiger partial charge is 0.358 e. The fourth-order valence-corrected chi connectivity index (χ4v) is 3.16. The number of benzene rings is 2. The second kappa shape index (κ2) is 6.91. The van der Waals surface area contributed by atoms with Crippen LogP contribution in [0, 0.1) is 6.92 Å². The summed E-state index contributed by atoms with van der Waals surface area (Å²) in [6.45, 7) is 6.20. The van der Waals surface area contributed by atoms with Crippen molar-refractivity contribution in [2.45, 2.75) is 39.7 Å². The van der Waals surface area contributed by atoms with Gasteiger partial charge in [0, 0.05) is 16.6 Å². The van der Waals surface area contributed by atoms with Gasteiger partial charge < -0.3 is 10.3 Å². The van der Waals surface area contributed by atoms with Crippen LogP contribution in [0.5, 0.6) is 0 Å². The molecule has 2 aromatic carbocycles. The summed E-state index contributed by atoms with van der Waals surface area (Å²) in [5.41, 5.74) is 5.68. The third kappa shape index (κ3) is 3.35. The molecule has 3 nitrogen and oxygen atoms in total. The predicted molar refractivity (Wildman–Crippen MR) is 99.1 cm³/mol. The molecule has 0 spiro atoms. The highest BCUT2D eigenvalue weighted by Crippen LogP contribution is 2.24. The number of amides is 1. The molecular formula is C21H24N2O. The molecule has 3 aromatic rings. The standard InChI is InChI=1S/C21H24N2O/c1-4-16-10-11-20-19(12-16)18(15(3)22-20)13-21(24)23-14(2)17-8-6-5-7-9-17/h5-12,14,22H,4,13H2,1-3H3,(H,23,24). The van der Waals surface area contributed by atoms with Gasteiger partial charge in [-0.1, -0.05) is 43.3 Å². The lowest BCUT2D eigenvalue weighted by Crippen LogP contribution is -2.28. The maximum atomic E-state index is 12.5. The number of hydrogen-bond acceptors (Lipinski definition) is 1. The van der Waals surface area contributed by atoms with Gasteiger partial charge in [-0.05, 0) is 49.1 Å². The molecule has 124 valence electrons. The number of carbonyl (C=O) groups is 1. The van der Waals surface area contributed by atoms with Crippen LogP contribution < -0.4 is 5.32 Å². The van der Waals surface area contributed by atoms with Gasteiger partial charge in [-0.3, -0.25) is 4.79 Å². The van der Waals surface area contributed by atoms with E-state index in [1.165, 1.54) is 5.56 Å². The van der Waals surface area contributed by atoms with Crippen LogP contribution in [0.1, 0.15) is 42.3 Å². The Balaban J connectivity index is 1.79. The van der Waals surface area contributed by atoms with Crippen molar-refractivity contribution in [2.24, 2.45) is 0 Å². The van der Waals surface area contributed by atoms with E-state index in [1.807, 2.05) is 44.2 Å². The first-order valence-corrected chi connectivity index (χ1v) is 8.53. The Morgan fingerprint density at radius 1 is 1.17 bits per heavy atom. The average Bonchev–Trinajstić information content (AvgIpc) is 2.90. The molecule has 1 unspecified atom stereocenters. The van der Waals surface area contributed by atoms with Crippen molar-refractivity contribution < 1.29 is 4.79 Å². The number of carbonyl (C=O) groups excluding carboxylic acids is 1. The van der Waals surface area contributed by atoms with E-state index in [1.54, 1.807) is 0 Å². The molecule has 0 aliphatic heterocycles. The lowest BCUT2D eigenvalue weighted by atomic mass is 10.0. The molecule has 0 aliphatic carbocycles. The zero-order valence-electron chi connectivity index (χ0n) is 14.5. The zero-order chi connectivity index (χ0) is 17.1. The van der Waals surface area contributed by atoms with Gasteiger partial charge in [-0.15, -0.1) is 0 Å². The topological polar surface area (TPSA) is 44.9 Å². The van der Waals surface area contributed by atoms with Crippen molar-refractivity contribution in [3.63, 3.8) is 0 Å². The minimum atomic E-state index is 0.00964. The molecule has 0 aliphatic rings. The van der Waals surface area contributed by atoms with Gasteiger partial charge in [-0.25, -0.2) is 0 Å². The van der Waals surface area contributed by atoms with Crippen LogP contribution in [0.2, 0.25) is 0 Å². The Bertz CT molecular complexity index is 849. The van der Waals surface area contributed by atoms with Gasteiger partial charge in [0.05, 0.1) is 12.5 Å². The Labute approximate surface area is 143 Å². The first kappa shape index (κ1) is 16.3. The van der Waals surface area contributed by atoms with Crippen molar-refractivity contribution in [1.29, 1.82) is 0 Å². The summed E-state index contributed by atoms with van der Waals surface area (Å²) in [5, 5.41) is 4.26. The third-order valence-corrected chi connectivity index (χ3v) is 4.61. The molecule has 1 aromatic heterocycles. The molecule has 0 saturated heterocycles. The van der Waals surface area contributed by atoms with Gasteiger partial charge >= 0.3 is 0 Å². The summed E-state index contributed by atoms with van der Waals surface area (Å²) in [7, 11) is 0. The van der Waals surface area contributed by atoms with Crippen molar-refractivity contribution in [3.8, 4) is 0 Å². The van der Waals surface area contributed by atoms with Crippen LogP contribution in [0.25, 0.3) is 10.9 Å². The maximum absolute atomic E-state index is 12.5. The summed E-state index contributed by atoms with van der Waals surface area (Å²) in [5.74, 6) is 0.0530. The van der Waals surface area contributed by atoms with E-state index in [4.69, 9.17) is 0 Å². The smallest absolute Gasteiger partial charge is 0.224 e. The fourth-order valence-electron chi connectivity index (χ4n) is 3.16. The summed E-state index contributed by atoms with van der Waals surface area (Å²) in [6.07, 6.45) is 1.40. The normalized spacial score (nSPS) is 12.3. The number of aromatic nitrogens is 1. The quantitative estimate of drug-likeness (QED) is 0.716. The number of aryl methyl sites for hydroxylation is 2. The molecule has 1 heterocycles. The van der Waals surface area contributed by atoms with Crippen LogP contribution in [0.3, 0.4) is 0 Å². The highest BCUT2D eigenvalue weighted by Gasteiger charge is 2.15. The van der Waals surface area contributed by atoms with Crippen LogP contribution in [0.4, 0.5) is 0 Å². The van der Waals surface area contributed by atoms with E-state index in [-0.39, 0.29) is 11.9 Å². The van der Waals surface area contributed by atoms with Crippen molar-refractivity contribution in [2.75, 3.05) is 0 Å². The molecule has 0 radical (unpaired) electrons. The lowest BCUT2D eigenvalue weighted by Gasteiger charge is -2.14. The minimum absolute atomic E-state index is 0.00964. The van der Waals surface area contributed by atoms with Gasteiger partial charge in [0.25, 0.3) is 0 Å². The Morgan fingerprint density at radius 2 is 1.92 bits per heavy atom. The molecule has 2 N–H and O–H groups in total. The molecule has 1 atom stereocenters. The molecule has 1 amide bonds. The Morgan fingerprint density at radius 3 is 2.62 bits per heavy atom. The van der Waals surface area contributed by atoms with Gasteiger partial charge in [0.1, 0.15) is 0 Å². The van der Waals surface area contributed by atoms with E-state index < -0.39 is 0 Å². The third-order valence-electron chi connectivity index (χ3n) is 4.61. The second-order valence-corrected chi connectivity index (χ2v) is 6.34. The van der Waals surface area contributed by atoms with Gasteiger partial charge in [0.15, 0.2) is 0 Å². The molecular weight excluding hydrogens is 296 g/mol. The molecule has 0 fully saturated rings. The SMILES string of the molecule is CCc1ccc2[nH]c(C)c(CC(=O)NC(C)c3ccccc3)c2c1. The highest BCUT2D eigenvalue weighted by atomic mass is 16.1. The molecule has 0 saturated carbocycles. The second-order valence-electron chi connectivity index (χ2n) is 6.34. The van der Waals surface area contributed by atoms with Crippen LogP contribution in [-0.2, 0) is 17.6 Å². The van der Waals surface area contributed by atoms with E-state index >= 15 is 0 Å². The fraction of sp³-hybridized carbons (Fsp3) is 0.286. The number of fused-ring (bicyclic) bond motifs is 1. The summed E-state index contributed by atoms with van der Waals surface area (Å²) in [6, 6.07) is 16.5. The lowest BCUT2D eigenvalue weighted by molar-refractivity contribution is -0.121. The van der Waals surface area contributed by atoms with Crippen LogP contribution in [0.15, 0.2) is 48.5 Å². The number of aromatic amines is 1. The molecule has 24 heavy (non-hydrogen) atoms. The van der Waals surface area contributed by atoms with E-state index in [2.05, 4.69) is 35.4 Å². The van der Waals surface area contributed by atoms with E-state index in [0.717, 1.165) is 34.1 Å². The monoisotopic (exact) mass is 320 g/mol. The summed E-state index contributed by atoms with van der Waals surface area (Å²) < 4.78 is 0. The first-order valence-electron chi connectivity index (χ1n) is 8.53. The van der Waals surface area contributed by atoms with E-state index in [0.29, 0.717) is 6.42 Å². The zero-order valence-corrected chi connectivity index (χ0v) is 14.5. The molecule has 0 bridgehead atoms. The number of nitrogens with one attached hydrogen (secondary N) is 2. The summed E-state index contributed by atoms with van der Waals surface area (Å²) in [4.78, 5) is 15.9. The Hall–Kier alpha value is -2.55. The van der Waals surface area contributed by atoms with Crippen molar-refractivity contribution >= 4 is 16.8 Å². The maximum Gasteiger partial charge on any atom is 0.224 e. The predicted octanol–water partition coefficient (Wildman–Crippen LogP) is 4.46. The average molecular weight is 320 g/mol. The van der Waals surface area contributed by atoms with Gasteiger partial charge in [-0.2, -0.15) is 0 Å². The minimum Gasteiger partial charge on any atom is -0.358 e. The number of rotatable bonds is 5. The highest BCUT2D eigenvalue weighted by molar-refractivity contribution is 5.90. The Kier molecular flexibility index (Phi) is 4.70. The molecule has 3 heteroatoms. The van der Waals surface area contributed by atoms with Crippen molar-refractivity contribution in [3.05, 3.63) is 70.9 Å². The van der Waals surface area contributed by atoms with Gasteiger partial charge in [0.2, 0.25) is 5.91 Å². The first-order chi connectivity index (χ1) is 11.6. The van der Waals surface area contributed by atoms with Crippen molar-refractivity contribution in [1.82, 2.24) is 10.3 Å². The number of hydrogen-bond donors (Lipinski definition) is 2. The summed E-state index contributed by atoms with van der Waals surface area (Å²) >= 11 is 0.